The van der Waals surface area contributed by atoms with Crippen molar-refractivity contribution >= 4 is 23.5 Å². The summed E-state index contributed by atoms with van der Waals surface area (Å²) in [6.45, 7) is 2.84. The third kappa shape index (κ3) is 4.41. The summed E-state index contributed by atoms with van der Waals surface area (Å²) in [5.74, 6) is -2.04. The number of hydrogen-bond acceptors (Lipinski definition) is 4. The van der Waals surface area contributed by atoms with Crippen LogP contribution in [0.1, 0.15) is 20.3 Å². The van der Waals surface area contributed by atoms with Crippen LogP contribution in [0.3, 0.4) is 0 Å². The quantitative estimate of drug-likeness (QED) is 0.658. The molecule has 0 radical (unpaired) electrons. The zero-order chi connectivity index (χ0) is 14.6. The molecule has 0 unspecified atom stereocenters. The van der Waals surface area contributed by atoms with Gasteiger partial charge >= 0.3 is 5.97 Å². The molecule has 1 aromatic rings. The smallest absolute Gasteiger partial charge is 0.309 e. The molecule has 1 rings (SSSR count). The van der Waals surface area contributed by atoms with E-state index in [9.17, 15) is 14.4 Å². The van der Waals surface area contributed by atoms with Crippen LogP contribution in [-0.4, -0.2) is 32.7 Å². The molecule has 19 heavy (non-hydrogen) atoms. The summed E-state index contributed by atoms with van der Waals surface area (Å²) in [6.07, 6.45) is 2.63. The van der Waals surface area contributed by atoms with E-state index in [2.05, 4.69) is 10.4 Å². The van der Waals surface area contributed by atoms with Crippen LogP contribution in [0.5, 0.6) is 0 Å². The average molecular weight is 268 g/mol. The Kier molecular flexibility index (Phi) is 4.26. The number of hydrogen-bond donors (Lipinski definition) is 3. The first-order valence-corrected chi connectivity index (χ1v) is 5.55. The van der Waals surface area contributed by atoms with E-state index < -0.39 is 23.2 Å². The van der Waals surface area contributed by atoms with Crippen molar-refractivity contribution in [2.24, 2.45) is 11.1 Å². The first-order valence-electron chi connectivity index (χ1n) is 5.55. The van der Waals surface area contributed by atoms with Gasteiger partial charge in [-0.25, -0.2) is 0 Å². The molecule has 0 saturated heterocycles. The van der Waals surface area contributed by atoms with Crippen LogP contribution in [0.2, 0.25) is 0 Å². The topological polar surface area (TPSA) is 127 Å². The summed E-state index contributed by atoms with van der Waals surface area (Å²) in [4.78, 5) is 33.2. The number of carboxylic acids is 1. The number of aliphatic carboxylic acids is 1. The summed E-state index contributed by atoms with van der Waals surface area (Å²) in [5.41, 5.74) is 4.24. The van der Waals surface area contributed by atoms with Crippen LogP contribution >= 0.6 is 0 Å². The summed E-state index contributed by atoms with van der Waals surface area (Å²) in [5, 5.41) is 15.2. The number of nitrogens with zero attached hydrogens (tertiary/aromatic N) is 2. The fraction of sp³-hybridized carbons (Fsp3) is 0.455. The lowest BCUT2D eigenvalue weighted by Gasteiger charge is -2.17. The summed E-state index contributed by atoms with van der Waals surface area (Å²) >= 11 is 0. The van der Waals surface area contributed by atoms with Gasteiger partial charge in [0.25, 0.3) is 0 Å². The maximum Gasteiger partial charge on any atom is 0.309 e. The zero-order valence-electron chi connectivity index (χ0n) is 10.7. The molecule has 8 heteroatoms. The summed E-state index contributed by atoms with van der Waals surface area (Å²) in [7, 11) is 0. The molecule has 1 aromatic heterocycles. The molecule has 8 nitrogen and oxygen atoms in total. The van der Waals surface area contributed by atoms with E-state index in [1.807, 2.05) is 0 Å². The van der Waals surface area contributed by atoms with E-state index in [4.69, 9.17) is 10.8 Å². The van der Waals surface area contributed by atoms with Crippen molar-refractivity contribution in [3.05, 3.63) is 12.4 Å². The predicted octanol–water partition coefficient (Wildman–Crippen LogP) is -0.192. The van der Waals surface area contributed by atoms with Crippen LogP contribution in [0.4, 0.5) is 5.69 Å². The van der Waals surface area contributed by atoms with Gasteiger partial charge in [0.1, 0.15) is 6.54 Å². The van der Waals surface area contributed by atoms with Crippen molar-refractivity contribution in [3.8, 4) is 0 Å². The Labute approximate surface area is 109 Å². The minimum atomic E-state index is -1.15. The Hall–Kier alpha value is -2.38. The van der Waals surface area contributed by atoms with Crippen molar-refractivity contribution < 1.29 is 19.5 Å². The van der Waals surface area contributed by atoms with Crippen molar-refractivity contribution in [1.29, 1.82) is 0 Å². The van der Waals surface area contributed by atoms with Gasteiger partial charge in [-0.15, -0.1) is 0 Å². The summed E-state index contributed by atoms with van der Waals surface area (Å²) < 4.78 is 1.28. The fourth-order valence-electron chi connectivity index (χ4n) is 1.36. The van der Waals surface area contributed by atoms with E-state index in [1.54, 1.807) is 0 Å². The molecule has 1 heterocycles. The second-order valence-corrected chi connectivity index (χ2v) is 4.81. The minimum absolute atomic E-state index is 0.0868. The second-order valence-electron chi connectivity index (χ2n) is 4.81. The number of rotatable bonds is 6. The molecule has 0 atom stereocenters. The number of carbonyl (C=O) groups excluding carboxylic acids is 2. The lowest BCUT2D eigenvalue weighted by atomic mass is 9.89. The van der Waals surface area contributed by atoms with Gasteiger partial charge in [-0.1, -0.05) is 0 Å². The molecule has 104 valence electrons. The highest BCUT2D eigenvalue weighted by Gasteiger charge is 2.30. The Balaban J connectivity index is 2.60. The van der Waals surface area contributed by atoms with Crippen molar-refractivity contribution in [1.82, 2.24) is 9.78 Å². The van der Waals surface area contributed by atoms with Gasteiger partial charge in [0.15, 0.2) is 0 Å². The lowest BCUT2D eigenvalue weighted by molar-refractivity contribution is -0.149. The molecule has 0 fully saturated rings. The number of carboxylic acid groups (broad SMARTS) is 1. The SMILES string of the molecule is CC(C)(CC(=O)Nc1cnn(CC(N)=O)c1)C(=O)O. The molecular formula is C11H16N4O4. The van der Waals surface area contributed by atoms with Crippen LogP contribution in [0.15, 0.2) is 12.4 Å². The van der Waals surface area contributed by atoms with Gasteiger partial charge in [0, 0.05) is 12.6 Å². The van der Waals surface area contributed by atoms with E-state index in [1.165, 1.54) is 30.9 Å². The van der Waals surface area contributed by atoms with Gasteiger partial charge in [-0.2, -0.15) is 5.10 Å². The first kappa shape index (κ1) is 14.7. The number of nitrogens with two attached hydrogens (primary N) is 1. The molecule has 0 aliphatic rings. The third-order valence-corrected chi connectivity index (χ3v) is 2.42. The first-order chi connectivity index (χ1) is 8.70. The highest BCUT2D eigenvalue weighted by Crippen LogP contribution is 2.21. The van der Waals surface area contributed by atoms with Crippen LogP contribution in [0, 0.1) is 5.41 Å². The van der Waals surface area contributed by atoms with Gasteiger partial charge < -0.3 is 16.2 Å². The van der Waals surface area contributed by atoms with Crippen molar-refractivity contribution in [3.63, 3.8) is 0 Å². The van der Waals surface area contributed by atoms with Crippen LogP contribution < -0.4 is 11.1 Å². The second kappa shape index (κ2) is 5.51. The zero-order valence-corrected chi connectivity index (χ0v) is 10.7. The molecule has 2 amide bonds. The van der Waals surface area contributed by atoms with Crippen molar-refractivity contribution in [2.75, 3.05) is 5.32 Å². The highest BCUT2D eigenvalue weighted by molar-refractivity contribution is 5.93. The molecule has 4 N–H and O–H groups in total. The molecule has 0 aromatic carbocycles. The van der Waals surface area contributed by atoms with E-state index in [0.717, 1.165) is 0 Å². The van der Waals surface area contributed by atoms with Gasteiger partial charge in [0.05, 0.1) is 17.3 Å². The Morgan fingerprint density at radius 2 is 2.11 bits per heavy atom. The normalized spacial score (nSPS) is 11.1. The average Bonchev–Trinajstić information content (AvgIpc) is 2.62. The lowest BCUT2D eigenvalue weighted by Crippen LogP contribution is -2.29. The van der Waals surface area contributed by atoms with E-state index in [0.29, 0.717) is 5.69 Å². The van der Waals surface area contributed by atoms with Gasteiger partial charge in [-0.05, 0) is 13.8 Å². The highest BCUT2D eigenvalue weighted by atomic mass is 16.4. The van der Waals surface area contributed by atoms with E-state index >= 15 is 0 Å². The number of anilines is 1. The third-order valence-electron chi connectivity index (χ3n) is 2.42. The van der Waals surface area contributed by atoms with Crippen LogP contribution in [0.25, 0.3) is 0 Å². The molecule has 0 saturated carbocycles. The number of amides is 2. The Bertz CT molecular complexity index is 507. The van der Waals surface area contributed by atoms with Gasteiger partial charge in [-0.3, -0.25) is 19.1 Å². The minimum Gasteiger partial charge on any atom is -0.481 e. The summed E-state index contributed by atoms with van der Waals surface area (Å²) in [6, 6.07) is 0. The molecule has 0 aliphatic carbocycles. The fourth-order valence-corrected chi connectivity index (χ4v) is 1.36. The molecular weight excluding hydrogens is 252 g/mol. The standard InChI is InChI=1S/C11H16N4O4/c1-11(2,10(18)19)3-9(17)14-7-4-13-15(5-7)6-8(12)16/h4-5H,3,6H2,1-2H3,(H2,12,16)(H,14,17)(H,18,19). The maximum atomic E-state index is 11.7. The largest absolute Gasteiger partial charge is 0.481 e. The number of nitrogens with one attached hydrogen (secondary N) is 1. The predicted molar refractivity (Wildman–Crippen MR) is 66.1 cm³/mol. The maximum absolute atomic E-state index is 11.7. The Morgan fingerprint density at radius 1 is 1.47 bits per heavy atom. The number of primary amides is 1. The van der Waals surface area contributed by atoms with E-state index in [-0.39, 0.29) is 13.0 Å². The van der Waals surface area contributed by atoms with Crippen LogP contribution in [-0.2, 0) is 20.9 Å². The van der Waals surface area contributed by atoms with Crippen molar-refractivity contribution in [2.45, 2.75) is 26.8 Å². The monoisotopic (exact) mass is 268 g/mol. The molecule has 0 aliphatic heterocycles. The van der Waals surface area contributed by atoms with Gasteiger partial charge in [0.2, 0.25) is 11.8 Å². The molecule has 0 spiro atoms. The number of carbonyl (C=O) groups is 3. The Morgan fingerprint density at radius 3 is 2.63 bits per heavy atom. The number of aromatic nitrogens is 2. The molecule has 0 bridgehead atoms.